The molecule has 0 aromatic heterocycles. The first-order chi connectivity index (χ1) is 13.7. The minimum atomic E-state index is -3.81. The largest absolute Gasteiger partial charge is 0.383 e. The lowest BCUT2D eigenvalue weighted by Crippen LogP contribution is -2.13. The molecule has 0 atom stereocenters. The Morgan fingerprint density at radius 2 is 1.69 bits per heavy atom. The van der Waals surface area contributed by atoms with Crippen LogP contribution in [0.25, 0.3) is 6.08 Å². The normalized spacial score (nSPS) is 15.8. The first-order valence-corrected chi connectivity index (χ1v) is 10.6. The molecule has 7 heteroatoms. The number of carbonyl (C=O) groups excluding carboxylic acids is 1. The lowest BCUT2D eigenvalue weighted by atomic mass is 10.1. The first kappa shape index (κ1) is 20.5. The Bertz CT molecular complexity index is 1110. The van der Waals surface area contributed by atoms with E-state index in [9.17, 15) is 13.2 Å². The summed E-state index contributed by atoms with van der Waals surface area (Å²) in [6.07, 6.45) is 3.16. The molecular weight excluding hydrogens is 386 g/mol. The smallest absolute Gasteiger partial charge is 0.282 e. The van der Waals surface area contributed by atoms with Gasteiger partial charge in [0.25, 0.3) is 10.0 Å². The fourth-order valence-corrected chi connectivity index (χ4v) is 3.82. The summed E-state index contributed by atoms with van der Waals surface area (Å²) in [5.74, 6) is -0.297. The van der Waals surface area contributed by atoms with Crippen LogP contribution in [0.3, 0.4) is 0 Å². The van der Waals surface area contributed by atoms with E-state index in [0.717, 1.165) is 22.4 Å². The molecule has 150 valence electrons. The molecule has 1 aliphatic heterocycles. The summed E-state index contributed by atoms with van der Waals surface area (Å²) < 4.78 is 29.0. The summed E-state index contributed by atoms with van der Waals surface area (Å²) in [4.78, 5) is 12.2. The number of sulfonamides is 1. The molecule has 0 unspecified atom stereocenters. The summed E-state index contributed by atoms with van der Waals surface area (Å²) in [7, 11) is -3.81. The number of hydrogen-bond donors (Lipinski definition) is 2. The van der Waals surface area contributed by atoms with Gasteiger partial charge in [-0.15, -0.1) is 0 Å². The molecule has 0 saturated carbocycles. The van der Waals surface area contributed by atoms with Gasteiger partial charge in [0.1, 0.15) is 0 Å². The van der Waals surface area contributed by atoms with Gasteiger partial charge in [0.2, 0.25) is 5.91 Å². The van der Waals surface area contributed by atoms with Crippen molar-refractivity contribution < 1.29 is 13.2 Å². The van der Waals surface area contributed by atoms with E-state index < -0.39 is 10.0 Å². The van der Waals surface area contributed by atoms with Crippen LogP contribution in [0.2, 0.25) is 0 Å². The lowest BCUT2D eigenvalue weighted by Gasteiger charge is -2.05. The van der Waals surface area contributed by atoms with Gasteiger partial charge in [-0.25, -0.2) is 0 Å². The maximum Gasteiger partial charge on any atom is 0.282 e. The SMILES string of the molecule is CC1=C(C)C(=NS(=O)(=O)c2ccc(NC(=O)/C=C/c3ccc(C)cc3)cc2)CN1. The molecule has 0 radical (unpaired) electrons. The Labute approximate surface area is 171 Å². The molecule has 0 fully saturated rings. The zero-order chi connectivity index (χ0) is 21.0. The summed E-state index contributed by atoms with van der Waals surface area (Å²) in [5, 5.41) is 5.80. The topological polar surface area (TPSA) is 87.6 Å². The molecule has 0 bridgehead atoms. The number of aryl methyl sites for hydroxylation is 1. The third-order valence-corrected chi connectivity index (χ3v) is 6.00. The molecule has 3 rings (SSSR count). The van der Waals surface area contributed by atoms with Crippen LogP contribution in [0.1, 0.15) is 25.0 Å². The second-order valence-electron chi connectivity index (χ2n) is 6.87. The highest BCUT2D eigenvalue weighted by atomic mass is 32.2. The van der Waals surface area contributed by atoms with Crippen LogP contribution in [-0.2, 0) is 14.8 Å². The van der Waals surface area contributed by atoms with Crippen molar-refractivity contribution in [2.24, 2.45) is 4.40 Å². The molecule has 2 aromatic carbocycles. The van der Waals surface area contributed by atoms with Crippen LogP contribution in [0, 0.1) is 6.92 Å². The van der Waals surface area contributed by atoms with Crippen molar-refractivity contribution in [3.05, 3.63) is 77.0 Å². The highest BCUT2D eigenvalue weighted by Gasteiger charge is 2.19. The van der Waals surface area contributed by atoms with E-state index in [0.29, 0.717) is 17.9 Å². The van der Waals surface area contributed by atoms with Crippen molar-refractivity contribution in [1.82, 2.24) is 5.32 Å². The van der Waals surface area contributed by atoms with Crippen molar-refractivity contribution in [1.29, 1.82) is 0 Å². The lowest BCUT2D eigenvalue weighted by molar-refractivity contribution is -0.111. The number of benzene rings is 2. The van der Waals surface area contributed by atoms with Gasteiger partial charge in [-0.2, -0.15) is 12.8 Å². The standard InChI is InChI=1S/C22H23N3O3S/c1-15-4-6-18(7-5-15)8-13-22(26)24-19-9-11-20(12-10-19)29(27,28)25-21-14-23-17(3)16(21)2/h4-13,23H,14H2,1-3H3,(H,24,26)/b13-8+,25-21?. The van der Waals surface area contributed by atoms with Crippen LogP contribution in [0.5, 0.6) is 0 Å². The predicted molar refractivity (Wildman–Crippen MR) is 116 cm³/mol. The van der Waals surface area contributed by atoms with E-state index in [2.05, 4.69) is 15.0 Å². The van der Waals surface area contributed by atoms with Crippen molar-refractivity contribution in [3.63, 3.8) is 0 Å². The first-order valence-electron chi connectivity index (χ1n) is 9.16. The predicted octanol–water partition coefficient (Wildman–Crippen LogP) is 3.67. The molecule has 0 aliphatic carbocycles. The van der Waals surface area contributed by atoms with E-state index >= 15 is 0 Å². The molecular formula is C22H23N3O3S. The zero-order valence-corrected chi connectivity index (χ0v) is 17.4. The Balaban J connectivity index is 1.67. The Kier molecular flexibility index (Phi) is 5.98. The number of rotatable bonds is 5. The number of nitrogens with zero attached hydrogens (tertiary/aromatic N) is 1. The van der Waals surface area contributed by atoms with Crippen LogP contribution >= 0.6 is 0 Å². The maximum absolute atomic E-state index is 12.5. The monoisotopic (exact) mass is 409 g/mol. The van der Waals surface area contributed by atoms with Gasteiger partial charge in [-0.1, -0.05) is 29.8 Å². The number of anilines is 1. The van der Waals surface area contributed by atoms with Crippen LogP contribution in [-0.4, -0.2) is 26.6 Å². The molecule has 0 saturated heterocycles. The average molecular weight is 410 g/mol. The van der Waals surface area contributed by atoms with Gasteiger partial charge in [0.05, 0.1) is 17.2 Å². The van der Waals surface area contributed by atoms with Crippen molar-refractivity contribution >= 4 is 33.4 Å². The van der Waals surface area contributed by atoms with Crippen molar-refractivity contribution in [2.45, 2.75) is 25.7 Å². The highest BCUT2D eigenvalue weighted by Crippen LogP contribution is 2.19. The van der Waals surface area contributed by atoms with E-state index in [1.165, 1.54) is 18.2 Å². The van der Waals surface area contributed by atoms with E-state index in [1.54, 1.807) is 18.2 Å². The van der Waals surface area contributed by atoms with Gasteiger partial charge < -0.3 is 10.6 Å². The van der Waals surface area contributed by atoms with Crippen molar-refractivity contribution in [2.75, 3.05) is 11.9 Å². The third-order valence-electron chi connectivity index (χ3n) is 4.67. The van der Waals surface area contributed by atoms with Gasteiger partial charge >= 0.3 is 0 Å². The number of allylic oxidation sites excluding steroid dienone is 1. The summed E-state index contributed by atoms with van der Waals surface area (Å²) in [6.45, 7) is 6.12. The molecule has 29 heavy (non-hydrogen) atoms. The number of carbonyl (C=O) groups is 1. The Hall–Kier alpha value is -3.19. The summed E-state index contributed by atoms with van der Waals surface area (Å²) in [6, 6.07) is 13.8. The molecule has 2 aromatic rings. The van der Waals surface area contributed by atoms with Crippen LogP contribution in [0.4, 0.5) is 5.69 Å². The highest BCUT2D eigenvalue weighted by molar-refractivity contribution is 7.90. The van der Waals surface area contributed by atoms with E-state index in [1.807, 2.05) is 45.0 Å². The van der Waals surface area contributed by atoms with Crippen LogP contribution < -0.4 is 10.6 Å². The second kappa shape index (κ2) is 8.45. The average Bonchev–Trinajstić information content (AvgIpc) is 2.99. The summed E-state index contributed by atoms with van der Waals surface area (Å²) >= 11 is 0. The van der Waals surface area contributed by atoms with E-state index in [-0.39, 0.29) is 10.8 Å². The summed E-state index contributed by atoms with van der Waals surface area (Å²) in [5.41, 5.74) is 4.86. The van der Waals surface area contributed by atoms with Crippen LogP contribution in [0.15, 0.2) is 75.2 Å². The second-order valence-corrected chi connectivity index (χ2v) is 8.48. The zero-order valence-electron chi connectivity index (χ0n) is 16.6. The fourth-order valence-electron chi connectivity index (χ4n) is 2.74. The molecule has 1 amide bonds. The van der Waals surface area contributed by atoms with E-state index in [4.69, 9.17) is 0 Å². The third kappa shape index (κ3) is 5.20. The quantitative estimate of drug-likeness (QED) is 0.738. The molecule has 1 heterocycles. The number of nitrogens with one attached hydrogen (secondary N) is 2. The minimum absolute atomic E-state index is 0.0792. The fraction of sp³-hybridized carbons (Fsp3) is 0.182. The van der Waals surface area contributed by atoms with Gasteiger partial charge in [0, 0.05) is 17.5 Å². The Morgan fingerprint density at radius 3 is 2.28 bits per heavy atom. The van der Waals surface area contributed by atoms with Gasteiger partial charge in [-0.05, 0) is 62.2 Å². The van der Waals surface area contributed by atoms with Gasteiger partial charge in [-0.3, -0.25) is 4.79 Å². The molecule has 2 N–H and O–H groups in total. The number of hydrogen-bond acceptors (Lipinski definition) is 4. The molecule has 1 aliphatic rings. The Morgan fingerprint density at radius 1 is 1.03 bits per heavy atom. The number of amides is 1. The maximum atomic E-state index is 12.5. The molecule has 0 spiro atoms. The molecule has 6 nitrogen and oxygen atoms in total. The minimum Gasteiger partial charge on any atom is -0.383 e. The van der Waals surface area contributed by atoms with Crippen molar-refractivity contribution in [3.8, 4) is 0 Å². The van der Waals surface area contributed by atoms with Gasteiger partial charge in [0.15, 0.2) is 0 Å².